The number of nitrogens with zero attached hydrogens (tertiary/aromatic N) is 1. The second-order valence-corrected chi connectivity index (χ2v) is 5.74. The van der Waals surface area contributed by atoms with E-state index in [9.17, 15) is 9.90 Å². The number of aliphatic carboxylic acids is 1. The summed E-state index contributed by atoms with van der Waals surface area (Å²) in [7, 11) is 1.88. The Hall–Kier alpha value is -1.59. The smallest absolute Gasteiger partial charge is 0.325 e. The maximum atomic E-state index is 11.7. The first kappa shape index (κ1) is 16.8. The molecule has 1 fully saturated rings. The predicted octanol–water partition coefficient (Wildman–Crippen LogP) is 2.57. The lowest BCUT2D eigenvalue weighted by molar-refractivity contribution is -0.143. The maximum absolute atomic E-state index is 11.7. The highest BCUT2D eigenvalue weighted by molar-refractivity contribution is 5.75. The van der Waals surface area contributed by atoms with Crippen molar-refractivity contribution in [2.45, 2.75) is 25.8 Å². The Morgan fingerprint density at radius 3 is 2.82 bits per heavy atom. The van der Waals surface area contributed by atoms with E-state index in [0.717, 1.165) is 38.2 Å². The predicted molar refractivity (Wildman–Crippen MR) is 84.2 cm³/mol. The zero-order chi connectivity index (χ0) is 15.9. The fourth-order valence-corrected chi connectivity index (χ4v) is 2.97. The number of hydrogen-bond donors (Lipinski definition) is 1. The summed E-state index contributed by atoms with van der Waals surface area (Å²) in [6.07, 6.45) is 1.99. The molecular formula is C17H25NO4. The molecule has 0 bridgehead atoms. The summed E-state index contributed by atoms with van der Waals surface area (Å²) in [5.74, 6) is 0.379. The summed E-state index contributed by atoms with van der Waals surface area (Å²) in [5.41, 5.74) is 0.757. The third-order valence-electron chi connectivity index (χ3n) is 4.05. The average Bonchev–Trinajstić information content (AvgIpc) is 2.48. The second-order valence-electron chi connectivity index (χ2n) is 5.74. The topological polar surface area (TPSA) is 59.0 Å². The van der Waals surface area contributed by atoms with Crippen molar-refractivity contribution in [3.05, 3.63) is 29.8 Å². The van der Waals surface area contributed by atoms with Gasteiger partial charge in [0.25, 0.3) is 0 Å². The van der Waals surface area contributed by atoms with Gasteiger partial charge in [-0.2, -0.15) is 0 Å². The number of likely N-dealkylation sites (N-methyl/N-ethyl adjacent to an activating group) is 1. The van der Waals surface area contributed by atoms with Gasteiger partial charge in [-0.25, -0.2) is 0 Å². The van der Waals surface area contributed by atoms with E-state index in [1.165, 1.54) is 0 Å². The first-order valence-electron chi connectivity index (χ1n) is 7.85. The van der Waals surface area contributed by atoms with Crippen LogP contribution in [0.4, 0.5) is 0 Å². The summed E-state index contributed by atoms with van der Waals surface area (Å²) < 4.78 is 10.8. The van der Waals surface area contributed by atoms with Gasteiger partial charge in [0, 0.05) is 19.8 Å². The molecule has 2 rings (SSSR count). The van der Waals surface area contributed by atoms with Gasteiger partial charge >= 0.3 is 5.97 Å². The number of hydrogen-bond acceptors (Lipinski definition) is 4. The van der Waals surface area contributed by atoms with Gasteiger partial charge in [-0.05, 0) is 50.4 Å². The first-order chi connectivity index (χ1) is 10.6. The molecular weight excluding hydrogens is 282 g/mol. The zero-order valence-corrected chi connectivity index (χ0v) is 13.3. The number of ether oxygens (including phenoxy) is 2. The molecule has 0 saturated carbocycles. The normalized spacial score (nSPS) is 17.4. The molecule has 22 heavy (non-hydrogen) atoms. The molecule has 1 unspecified atom stereocenters. The molecule has 1 aliphatic rings. The summed E-state index contributed by atoms with van der Waals surface area (Å²) in [6, 6.07) is 6.72. The molecule has 1 N–H and O–H groups in total. The van der Waals surface area contributed by atoms with E-state index in [1.54, 1.807) is 0 Å². The molecule has 5 heteroatoms. The van der Waals surface area contributed by atoms with Crippen LogP contribution in [0.15, 0.2) is 24.3 Å². The minimum Gasteiger partial charge on any atom is -0.494 e. The van der Waals surface area contributed by atoms with Crippen molar-refractivity contribution in [3.8, 4) is 5.75 Å². The SMILES string of the molecule is CCOc1cccc(C(C(=O)O)N(C)CC2CCOCC2)c1. The zero-order valence-electron chi connectivity index (χ0n) is 13.3. The molecule has 0 aliphatic carbocycles. The quantitative estimate of drug-likeness (QED) is 0.839. The Kier molecular flexibility index (Phi) is 6.21. The molecule has 0 spiro atoms. The van der Waals surface area contributed by atoms with Gasteiger partial charge in [-0.3, -0.25) is 9.69 Å². The summed E-state index contributed by atoms with van der Waals surface area (Å²) in [4.78, 5) is 13.7. The van der Waals surface area contributed by atoms with Gasteiger partial charge in [0.1, 0.15) is 11.8 Å². The van der Waals surface area contributed by atoms with Gasteiger partial charge in [0.2, 0.25) is 0 Å². The van der Waals surface area contributed by atoms with Crippen molar-refractivity contribution < 1.29 is 19.4 Å². The number of rotatable bonds is 7. The van der Waals surface area contributed by atoms with Crippen molar-refractivity contribution in [2.75, 3.05) is 33.4 Å². The second kappa shape index (κ2) is 8.15. The van der Waals surface area contributed by atoms with E-state index < -0.39 is 12.0 Å². The molecule has 0 radical (unpaired) electrons. The molecule has 1 aromatic rings. The fraction of sp³-hybridized carbons (Fsp3) is 0.588. The third kappa shape index (κ3) is 4.45. The first-order valence-corrected chi connectivity index (χ1v) is 7.85. The van der Waals surface area contributed by atoms with Crippen LogP contribution in [0.2, 0.25) is 0 Å². The lowest BCUT2D eigenvalue weighted by atomic mass is 9.97. The molecule has 5 nitrogen and oxygen atoms in total. The highest BCUT2D eigenvalue weighted by Gasteiger charge is 2.27. The van der Waals surface area contributed by atoms with Crippen LogP contribution in [0.25, 0.3) is 0 Å². The Balaban J connectivity index is 2.10. The Labute approximate surface area is 131 Å². The van der Waals surface area contributed by atoms with Crippen molar-refractivity contribution in [1.29, 1.82) is 0 Å². The van der Waals surface area contributed by atoms with Crippen molar-refractivity contribution >= 4 is 5.97 Å². The van der Waals surface area contributed by atoms with Crippen LogP contribution < -0.4 is 4.74 Å². The summed E-state index contributed by atoms with van der Waals surface area (Å²) in [5, 5.41) is 9.64. The molecule has 1 aliphatic heterocycles. The molecule has 0 amide bonds. The van der Waals surface area contributed by atoms with Crippen molar-refractivity contribution in [3.63, 3.8) is 0 Å². The van der Waals surface area contributed by atoms with E-state index in [1.807, 2.05) is 43.1 Å². The van der Waals surface area contributed by atoms with Crippen molar-refractivity contribution in [1.82, 2.24) is 4.90 Å². The van der Waals surface area contributed by atoms with Crippen LogP contribution in [-0.2, 0) is 9.53 Å². The number of carboxylic acids is 1. The van der Waals surface area contributed by atoms with Gasteiger partial charge < -0.3 is 14.6 Å². The number of carbonyl (C=O) groups is 1. The number of carboxylic acid groups (broad SMARTS) is 1. The third-order valence-corrected chi connectivity index (χ3v) is 4.05. The van der Waals surface area contributed by atoms with Crippen LogP contribution >= 0.6 is 0 Å². The maximum Gasteiger partial charge on any atom is 0.325 e. The standard InChI is InChI=1S/C17H25NO4/c1-3-22-15-6-4-5-14(11-15)16(17(19)20)18(2)12-13-7-9-21-10-8-13/h4-6,11,13,16H,3,7-10,12H2,1-2H3,(H,19,20). The van der Waals surface area contributed by atoms with Gasteiger partial charge in [-0.15, -0.1) is 0 Å². The lowest BCUT2D eigenvalue weighted by Crippen LogP contribution is -2.36. The molecule has 1 aromatic carbocycles. The Morgan fingerprint density at radius 1 is 1.45 bits per heavy atom. The average molecular weight is 307 g/mol. The monoisotopic (exact) mass is 307 g/mol. The Bertz CT molecular complexity index is 485. The minimum absolute atomic E-state index is 0.496. The van der Waals surface area contributed by atoms with E-state index in [0.29, 0.717) is 18.3 Å². The number of benzene rings is 1. The van der Waals surface area contributed by atoms with Crippen LogP contribution in [0.1, 0.15) is 31.4 Å². The van der Waals surface area contributed by atoms with Gasteiger partial charge in [0.05, 0.1) is 6.61 Å². The minimum atomic E-state index is -0.830. The van der Waals surface area contributed by atoms with E-state index in [4.69, 9.17) is 9.47 Å². The van der Waals surface area contributed by atoms with Gasteiger partial charge in [0.15, 0.2) is 0 Å². The summed E-state index contributed by atoms with van der Waals surface area (Å²) in [6.45, 7) is 4.79. The molecule has 1 atom stereocenters. The van der Waals surface area contributed by atoms with Crippen LogP contribution in [-0.4, -0.2) is 49.4 Å². The molecule has 122 valence electrons. The molecule has 1 heterocycles. The molecule has 1 saturated heterocycles. The lowest BCUT2D eigenvalue weighted by Gasteiger charge is -2.31. The highest BCUT2D eigenvalue weighted by Crippen LogP contribution is 2.26. The van der Waals surface area contributed by atoms with Crippen LogP contribution in [0, 0.1) is 5.92 Å². The van der Waals surface area contributed by atoms with E-state index in [2.05, 4.69) is 0 Å². The summed E-state index contributed by atoms with van der Waals surface area (Å²) >= 11 is 0. The van der Waals surface area contributed by atoms with E-state index >= 15 is 0 Å². The van der Waals surface area contributed by atoms with Crippen molar-refractivity contribution in [2.24, 2.45) is 5.92 Å². The largest absolute Gasteiger partial charge is 0.494 e. The Morgan fingerprint density at radius 2 is 2.18 bits per heavy atom. The van der Waals surface area contributed by atoms with Crippen LogP contribution in [0.5, 0.6) is 5.75 Å². The molecule has 0 aromatic heterocycles. The van der Waals surface area contributed by atoms with E-state index in [-0.39, 0.29) is 0 Å². The highest BCUT2D eigenvalue weighted by atomic mass is 16.5. The van der Waals surface area contributed by atoms with Gasteiger partial charge in [-0.1, -0.05) is 12.1 Å². The van der Waals surface area contributed by atoms with Crippen LogP contribution in [0.3, 0.4) is 0 Å². The fourth-order valence-electron chi connectivity index (χ4n) is 2.97.